The lowest BCUT2D eigenvalue weighted by Crippen LogP contribution is -2.21. The summed E-state index contributed by atoms with van der Waals surface area (Å²) in [5.74, 6) is 1.45. The van der Waals surface area contributed by atoms with Crippen molar-refractivity contribution >= 4 is 11.7 Å². The van der Waals surface area contributed by atoms with E-state index in [1.54, 1.807) is 38.8 Å². The first kappa shape index (κ1) is 14.0. The highest BCUT2D eigenvalue weighted by Crippen LogP contribution is 2.15. The molecular formula is C13H18N6O. The molecule has 0 bridgehead atoms. The SMILES string of the molecule is CC(Nc1ccc(C(=O)N(C)C)cn1)c1nncn1C. The van der Waals surface area contributed by atoms with E-state index in [0.29, 0.717) is 11.4 Å². The molecule has 0 aliphatic rings. The number of carbonyl (C=O) groups excluding carboxylic acids is 1. The summed E-state index contributed by atoms with van der Waals surface area (Å²) in [4.78, 5) is 17.5. The highest BCUT2D eigenvalue weighted by atomic mass is 16.2. The van der Waals surface area contributed by atoms with Crippen LogP contribution in [0.15, 0.2) is 24.7 Å². The standard InChI is InChI=1S/C13H18N6O/c1-9(12-17-15-8-19(12)4)16-11-6-5-10(7-14-11)13(20)18(2)3/h5-9H,1-4H3,(H,14,16). The lowest BCUT2D eigenvalue weighted by Gasteiger charge is -2.14. The normalized spacial score (nSPS) is 12.0. The summed E-state index contributed by atoms with van der Waals surface area (Å²) in [5.41, 5.74) is 0.562. The summed E-state index contributed by atoms with van der Waals surface area (Å²) in [6.45, 7) is 1.98. The summed E-state index contributed by atoms with van der Waals surface area (Å²) in [7, 11) is 5.31. The maximum Gasteiger partial charge on any atom is 0.254 e. The zero-order valence-electron chi connectivity index (χ0n) is 12.0. The molecule has 7 nitrogen and oxygen atoms in total. The number of aryl methyl sites for hydroxylation is 1. The van der Waals surface area contributed by atoms with Gasteiger partial charge in [0.25, 0.3) is 5.91 Å². The van der Waals surface area contributed by atoms with Gasteiger partial charge in [-0.2, -0.15) is 0 Å². The number of anilines is 1. The van der Waals surface area contributed by atoms with E-state index in [2.05, 4.69) is 20.5 Å². The number of pyridine rings is 1. The molecule has 2 rings (SSSR count). The lowest BCUT2D eigenvalue weighted by molar-refractivity contribution is 0.0827. The van der Waals surface area contributed by atoms with E-state index in [9.17, 15) is 4.79 Å². The van der Waals surface area contributed by atoms with Crippen LogP contribution in [0.1, 0.15) is 29.1 Å². The van der Waals surface area contributed by atoms with Gasteiger partial charge in [0.1, 0.15) is 12.1 Å². The van der Waals surface area contributed by atoms with Crippen LogP contribution in [-0.4, -0.2) is 44.7 Å². The van der Waals surface area contributed by atoms with Gasteiger partial charge in [-0.1, -0.05) is 0 Å². The molecule has 0 aliphatic carbocycles. The van der Waals surface area contributed by atoms with E-state index < -0.39 is 0 Å². The molecule has 0 aliphatic heterocycles. The summed E-state index contributed by atoms with van der Waals surface area (Å²) < 4.78 is 1.85. The molecule has 0 fully saturated rings. The number of amides is 1. The summed E-state index contributed by atoms with van der Waals surface area (Å²) in [5, 5.41) is 11.1. The van der Waals surface area contributed by atoms with E-state index in [4.69, 9.17) is 0 Å². The van der Waals surface area contributed by atoms with Crippen LogP contribution in [0.3, 0.4) is 0 Å². The van der Waals surface area contributed by atoms with Crippen molar-refractivity contribution in [1.82, 2.24) is 24.6 Å². The van der Waals surface area contributed by atoms with E-state index in [-0.39, 0.29) is 11.9 Å². The van der Waals surface area contributed by atoms with Gasteiger partial charge in [-0.25, -0.2) is 4.98 Å². The Balaban J connectivity index is 2.08. The van der Waals surface area contributed by atoms with Crippen LogP contribution in [0.25, 0.3) is 0 Å². The van der Waals surface area contributed by atoms with Gasteiger partial charge in [-0.3, -0.25) is 4.79 Å². The number of carbonyl (C=O) groups is 1. The third kappa shape index (κ3) is 2.93. The Hall–Kier alpha value is -2.44. The highest BCUT2D eigenvalue weighted by Gasteiger charge is 2.12. The van der Waals surface area contributed by atoms with E-state index in [1.807, 2.05) is 18.5 Å². The molecule has 0 radical (unpaired) electrons. The van der Waals surface area contributed by atoms with Crippen LogP contribution >= 0.6 is 0 Å². The molecular weight excluding hydrogens is 256 g/mol. The van der Waals surface area contributed by atoms with Crippen LogP contribution in [0.2, 0.25) is 0 Å². The second-order valence-electron chi connectivity index (χ2n) is 4.80. The Morgan fingerprint density at radius 1 is 1.40 bits per heavy atom. The zero-order chi connectivity index (χ0) is 14.7. The van der Waals surface area contributed by atoms with Crippen molar-refractivity contribution in [2.24, 2.45) is 7.05 Å². The van der Waals surface area contributed by atoms with Crippen molar-refractivity contribution in [1.29, 1.82) is 0 Å². The summed E-state index contributed by atoms with van der Waals surface area (Å²) in [6, 6.07) is 3.51. The molecule has 2 aromatic heterocycles. The average molecular weight is 274 g/mol. The Bertz CT molecular complexity index is 589. The Morgan fingerprint density at radius 2 is 2.15 bits per heavy atom. The number of aromatic nitrogens is 4. The average Bonchev–Trinajstić information content (AvgIpc) is 2.85. The predicted octanol–water partition coefficient (Wildman–Crippen LogP) is 1.08. The summed E-state index contributed by atoms with van der Waals surface area (Å²) in [6.07, 6.45) is 3.22. The third-order valence-corrected chi connectivity index (χ3v) is 2.91. The fraction of sp³-hybridized carbons (Fsp3) is 0.385. The second-order valence-corrected chi connectivity index (χ2v) is 4.80. The second kappa shape index (κ2) is 5.68. The molecule has 0 saturated heterocycles. The molecule has 7 heteroatoms. The molecule has 0 aromatic carbocycles. The smallest absolute Gasteiger partial charge is 0.254 e. The van der Waals surface area contributed by atoms with Crippen molar-refractivity contribution in [3.8, 4) is 0 Å². The Morgan fingerprint density at radius 3 is 2.65 bits per heavy atom. The van der Waals surface area contributed by atoms with Gasteiger partial charge < -0.3 is 14.8 Å². The number of hydrogen-bond acceptors (Lipinski definition) is 5. The van der Waals surface area contributed by atoms with Crippen LogP contribution < -0.4 is 5.32 Å². The fourth-order valence-corrected chi connectivity index (χ4v) is 1.83. The van der Waals surface area contributed by atoms with Crippen molar-refractivity contribution in [3.05, 3.63) is 36.0 Å². The van der Waals surface area contributed by atoms with Crippen molar-refractivity contribution in [2.45, 2.75) is 13.0 Å². The largest absolute Gasteiger partial charge is 0.360 e. The molecule has 0 saturated carbocycles. The van der Waals surface area contributed by atoms with E-state index in [0.717, 1.165) is 5.82 Å². The van der Waals surface area contributed by atoms with Crippen LogP contribution in [0.5, 0.6) is 0 Å². The van der Waals surface area contributed by atoms with E-state index in [1.165, 1.54) is 4.90 Å². The zero-order valence-corrected chi connectivity index (χ0v) is 12.0. The van der Waals surface area contributed by atoms with Gasteiger partial charge in [0.15, 0.2) is 5.82 Å². The Kier molecular flexibility index (Phi) is 3.97. The van der Waals surface area contributed by atoms with Crippen molar-refractivity contribution < 1.29 is 4.79 Å². The molecule has 2 aromatic rings. The predicted molar refractivity (Wildman–Crippen MR) is 75.3 cm³/mol. The molecule has 106 valence electrons. The number of rotatable bonds is 4. The topological polar surface area (TPSA) is 75.9 Å². The van der Waals surface area contributed by atoms with Gasteiger partial charge >= 0.3 is 0 Å². The monoisotopic (exact) mass is 274 g/mol. The first-order valence-corrected chi connectivity index (χ1v) is 6.27. The molecule has 1 amide bonds. The van der Waals surface area contributed by atoms with Crippen LogP contribution in [0.4, 0.5) is 5.82 Å². The van der Waals surface area contributed by atoms with Crippen LogP contribution in [0, 0.1) is 0 Å². The molecule has 0 spiro atoms. The minimum Gasteiger partial charge on any atom is -0.360 e. The minimum absolute atomic E-state index is 0.0228. The maximum absolute atomic E-state index is 11.8. The third-order valence-electron chi connectivity index (χ3n) is 2.91. The first-order chi connectivity index (χ1) is 9.49. The fourth-order valence-electron chi connectivity index (χ4n) is 1.83. The van der Waals surface area contributed by atoms with Gasteiger partial charge in [-0.05, 0) is 19.1 Å². The molecule has 2 heterocycles. The van der Waals surface area contributed by atoms with Crippen LogP contribution in [-0.2, 0) is 7.05 Å². The lowest BCUT2D eigenvalue weighted by atomic mass is 10.2. The van der Waals surface area contributed by atoms with Gasteiger partial charge in [0.2, 0.25) is 0 Å². The van der Waals surface area contributed by atoms with Gasteiger partial charge in [-0.15, -0.1) is 10.2 Å². The quantitative estimate of drug-likeness (QED) is 0.903. The van der Waals surface area contributed by atoms with Gasteiger partial charge in [0.05, 0.1) is 11.6 Å². The minimum atomic E-state index is -0.0644. The summed E-state index contributed by atoms with van der Waals surface area (Å²) >= 11 is 0. The maximum atomic E-state index is 11.8. The Labute approximate surface area is 117 Å². The first-order valence-electron chi connectivity index (χ1n) is 6.27. The molecule has 20 heavy (non-hydrogen) atoms. The number of hydrogen-bond donors (Lipinski definition) is 1. The van der Waals surface area contributed by atoms with Crippen molar-refractivity contribution in [3.63, 3.8) is 0 Å². The molecule has 1 N–H and O–H groups in total. The van der Waals surface area contributed by atoms with Crippen molar-refractivity contribution in [2.75, 3.05) is 19.4 Å². The number of nitrogens with zero attached hydrogens (tertiary/aromatic N) is 5. The van der Waals surface area contributed by atoms with Gasteiger partial charge in [0, 0.05) is 27.3 Å². The molecule has 1 unspecified atom stereocenters. The molecule has 1 atom stereocenters. The highest BCUT2D eigenvalue weighted by molar-refractivity contribution is 5.93. The van der Waals surface area contributed by atoms with E-state index >= 15 is 0 Å². The number of nitrogens with one attached hydrogen (secondary N) is 1.